The smallest absolute Gasteiger partial charge is 0.239 e. The molecule has 5 aliphatic rings. The number of nitrogens with zero attached hydrogens (tertiary/aromatic N) is 2. The van der Waals surface area contributed by atoms with Gasteiger partial charge in [0.25, 0.3) is 0 Å². The Morgan fingerprint density at radius 3 is 1.56 bits per heavy atom. The zero-order valence-electron chi connectivity index (χ0n) is 20.1. The molecule has 2 saturated heterocycles. The molecule has 1 saturated carbocycles. The molecule has 0 radical (unpaired) electrons. The van der Waals surface area contributed by atoms with Crippen LogP contribution in [-0.4, -0.2) is 23.6 Å². The number of anilines is 2. The van der Waals surface area contributed by atoms with Crippen LogP contribution in [0.2, 0.25) is 10.0 Å². The highest BCUT2D eigenvalue weighted by atomic mass is 79.9. The van der Waals surface area contributed by atoms with E-state index in [1.165, 1.54) is 0 Å². The molecular formula is C30H19BrCl2N2O4. The average Bonchev–Trinajstić information content (AvgIpc) is 3.37. The molecule has 3 fully saturated rings. The van der Waals surface area contributed by atoms with E-state index < -0.39 is 58.6 Å². The van der Waals surface area contributed by atoms with E-state index in [0.29, 0.717) is 16.9 Å². The number of imide groups is 2. The van der Waals surface area contributed by atoms with Gasteiger partial charge in [-0.05, 0) is 42.0 Å². The van der Waals surface area contributed by atoms with Gasteiger partial charge in [-0.1, -0.05) is 87.7 Å². The van der Waals surface area contributed by atoms with Crippen LogP contribution in [0, 0.1) is 29.6 Å². The molecule has 6 nitrogen and oxygen atoms in total. The van der Waals surface area contributed by atoms with Crippen LogP contribution >= 0.6 is 39.1 Å². The van der Waals surface area contributed by atoms with Crippen LogP contribution in [0.15, 0.2) is 89.4 Å². The Labute approximate surface area is 242 Å². The lowest BCUT2D eigenvalue weighted by Crippen LogP contribution is -2.60. The van der Waals surface area contributed by atoms with Crippen molar-refractivity contribution < 1.29 is 19.2 Å². The number of carbonyl (C=O) groups is 4. The number of allylic oxidation sites excluding steroid dienone is 2. The van der Waals surface area contributed by atoms with E-state index >= 15 is 0 Å². The van der Waals surface area contributed by atoms with Crippen molar-refractivity contribution in [1.29, 1.82) is 0 Å². The molecule has 0 N–H and O–H groups in total. The second kappa shape index (κ2) is 8.62. The highest BCUT2D eigenvalue weighted by Gasteiger charge is 2.75. The molecule has 2 heterocycles. The van der Waals surface area contributed by atoms with Gasteiger partial charge >= 0.3 is 0 Å². The zero-order valence-corrected chi connectivity index (χ0v) is 23.2. The van der Waals surface area contributed by atoms with Crippen molar-refractivity contribution in [2.45, 2.75) is 5.41 Å². The molecule has 4 unspecified atom stereocenters. The standard InChI is InChI=1S/C30H19BrCl2N2O4/c31-16-11-9-15(10-12-16)30-14-13-17(22-24(30)28(38)34(26(22)36)20-7-3-1-5-18(20)32)23-25(30)29(39)35(27(23)37)21-8-4-2-6-19(21)33/h1-14,17,22-25H. The minimum Gasteiger partial charge on any atom is -0.274 e. The third kappa shape index (κ3) is 3.15. The first-order valence-corrected chi connectivity index (χ1v) is 14.0. The fourth-order valence-electron chi connectivity index (χ4n) is 7.23. The molecule has 39 heavy (non-hydrogen) atoms. The molecule has 194 valence electrons. The van der Waals surface area contributed by atoms with Crippen LogP contribution in [0.1, 0.15) is 5.56 Å². The van der Waals surface area contributed by atoms with Crippen LogP contribution in [0.3, 0.4) is 0 Å². The molecule has 0 aromatic heterocycles. The van der Waals surface area contributed by atoms with Gasteiger partial charge < -0.3 is 0 Å². The normalized spacial score (nSPS) is 30.8. The van der Waals surface area contributed by atoms with Gasteiger partial charge in [-0.3, -0.25) is 19.2 Å². The highest BCUT2D eigenvalue weighted by molar-refractivity contribution is 9.10. The van der Waals surface area contributed by atoms with E-state index in [1.807, 2.05) is 36.4 Å². The largest absolute Gasteiger partial charge is 0.274 e. The van der Waals surface area contributed by atoms with Gasteiger partial charge in [0.1, 0.15) is 0 Å². The number of carbonyl (C=O) groups excluding carboxylic acids is 4. The van der Waals surface area contributed by atoms with Gasteiger partial charge in [0.05, 0.1) is 45.1 Å². The lowest BCUT2D eigenvalue weighted by atomic mass is 9.45. The maximum Gasteiger partial charge on any atom is 0.239 e. The molecule has 3 aliphatic carbocycles. The van der Waals surface area contributed by atoms with Crippen molar-refractivity contribution in [1.82, 2.24) is 0 Å². The van der Waals surface area contributed by atoms with E-state index in [9.17, 15) is 19.2 Å². The molecule has 8 rings (SSSR count). The Morgan fingerprint density at radius 1 is 0.641 bits per heavy atom. The molecule has 4 amide bonds. The molecule has 2 bridgehead atoms. The Bertz CT molecular complexity index is 1550. The summed E-state index contributed by atoms with van der Waals surface area (Å²) >= 11 is 16.3. The van der Waals surface area contributed by atoms with Gasteiger partial charge in [-0.2, -0.15) is 0 Å². The Morgan fingerprint density at radius 2 is 1.10 bits per heavy atom. The summed E-state index contributed by atoms with van der Waals surface area (Å²) in [5.74, 6) is -5.74. The van der Waals surface area contributed by atoms with Crippen LogP contribution in [-0.2, 0) is 24.6 Å². The number of para-hydroxylation sites is 2. The van der Waals surface area contributed by atoms with Crippen LogP contribution in [0.5, 0.6) is 0 Å². The fourth-order valence-corrected chi connectivity index (χ4v) is 7.94. The van der Waals surface area contributed by atoms with Crippen LogP contribution < -0.4 is 9.80 Å². The lowest BCUT2D eigenvalue weighted by molar-refractivity contribution is -0.140. The van der Waals surface area contributed by atoms with Gasteiger partial charge in [0.15, 0.2) is 0 Å². The first-order valence-electron chi connectivity index (χ1n) is 12.5. The SMILES string of the molecule is O=C1C2C3C=CC(c4ccc(Br)cc4)(C2C(=O)N1c1ccccc1Cl)C1C(=O)N(c2ccccc2Cl)C(=O)C31. The summed E-state index contributed by atoms with van der Waals surface area (Å²) in [6.45, 7) is 0. The Balaban J connectivity index is 1.45. The summed E-state index contributed by atoms with van der Waals surface area (Å²) in [6.07, 6.45) is 3.73. The van der Waals surface area contributed by atoms with Crippen LogP contribution in [0.25, 0.3) is 0 Å². The number of halogens is 3. The van der Waals surface area contributed by atoms with Crippen molar-refractivity contribution in [3.8, 4) is 0 Å². The predicted octanol–water partition coefficient (Wildman–Crippen LogP) is 5.80. The summed E-state index contributed by atoms with van der Waals surface area (Å²) in [6, 6.07) is 20.8. The Kier molecular flexibility index (Phi) is 5.47. The summed E-state index contributed by atoms with van der Waals surface area (Å²) < 4.78 is 0.822. The number of hydrogen-bond donors (Lipinski definition) is 0. The molecule has 2 aliphatic heterocycles. The number of rotatable bonds is 3. The molecule has 4 atom stereocenters. The minimum absolute atomic E-state index is 0.271. The summed E-state index contributed by atoms with van der Waals surface area (Å²) in [5, 5.41) is 0.543. The maximum atomic E-state index is 14.3. The zero-order chi connectivity index (χ0) is 27.2. The summed E-state index contributed by atoms with van der Waals surface area (Å²) in [7, 11) is 0. The van der Waals surface area contributed by atoms with Crippen LogP contribution in [0.4, 0.5) is 11.4 Å². The average molecular weight is 622 g/mol. The van der Waals surface area contributed by atoms with Crippen molar-refractivity contribution in [2.24, 2.45) is 29.6 Å². The van der Waals surface area contributed by atoms with E-state index in [1.54, 1.807) is 48.5 Å². The second-order valence-electron chi connectivity index (χ2n) is 10.3. The predicted molar refractivity (Wildman–Crippen MR) is 150 cm³/mol. The topological polar surface area (TPSA) is 74.8 Å². The molecule has 3 aromatic carbocycles. The summed E-state index contributed by atoms with van der Waals surface area (Å²) in [4.78, 5) is 59.0. The van der Waals surface area contributed by atoms with Crippen molar-refractivity contribution >= 4 is 74.1 Å². The fraction of sp³-hybridized carbons (Fsp3) is 0.200. The minimum atomic E-state index is -1.23. The van der Waals surface area contributed by atoms with E-state index in [4.69, 9.17) is 23.2 Å². The number of amides is 4. The summed E-state index contributed by atoms with van der Waals surface area (Å²) in [5.41, 5.74) is 0.0642. The van der Waals surface area contributed by atoms with E-state index in [2.05, 4.69) is 15.9 Å². The van der Waals surface area contributed by atoms with Crippen molar-refractivity contribution in [3.05, 3.63) is 105 Å². The van der Waals surface area contributed by atoms with Crippen molar-refractivity contribution in [3.63, 3.8) is 0 Å². The second-order valence-corrected chi connectivity index (χ2v) is 12.0. The lowest BCUT2D eigenvalue weighted by Gasteiger charge is -2.53. The highest BCUT2D eigenvalue weighted by Crippen LogP contribution is 2.65. The van der Waals surface area contributed by atoms with Gasteiger partial charge in [0.2, 0.25) is 23.6 Å². The maximum absolute atomic E-state index is 14.3. The molecular weight excluding hydrogens is 603 g/mol. The third-order valence-corrected chi connectivity index (χ3v) is 9.85. The van der Waals surface area contributed by atoms with Gasteiger partial charge in [-0.15, -0.1) is 0 Å². The first-order chi connectivity index (χ1) is 18.8. The molecule has 9 heteroatoms. The number of hydrogen-bond acceptors (Lipinski definition) is 4. The number of benzene rings is 3. The quantitative estimate of drug-likeness (QED) is 0.273. The first kappa shape index (κ1) is 24.8. The van der Waals surface area contributed by atoms with Gasteiger partial charge in [-0.25, -0.2) is 9.80 Å². The van der Waals surface area contributed by atoms with Gasteiger partial charge in [0, 0.05) is 15.8 Å². The Hall–Kier alpha value is -3.26. The third-order valence-electron chi connectivity index (χ3n) is 8.69. The van der Waals surface area contributed by atoms with Crippen molar-refractivity contribution in [2.75, 3.05) is 9.80 Å². The van der Waals surface area contributed by atoms with E-state index in [-0.39, 0.29) is 10.0 Å². The monoisotopic (exact) mass is 620 g/mol. The molecule has 3 aromatic rings. The molecule has 0 spiro atoms. The van der Waals surface area contributed by atoms with E-state index in [0.717, 1.165) is 14.3 Å².